The molecule has 0 saturated carbocycles. The Morgan fingerprint density at radius 1 is 1.37 bits per heavy atom. The molecule has 1 aromatic heterocycles. The van der Waals surface area contributed by atoms with E-state index in [1.165, 1.54) is 17.6 Å². The Balaban J connectivity index is 2.28. The number of likely N-dealkylation sites (tertiary alicyclic amines) is 1. The molecular weight excluding hydrogens is 250 g/mol. The number of nitro groups is 1. The molecule has 0 unspecified atom stereocenters. The van der Waals surface area contributed by atoms with Gasteiger partial charge in [0.15, 0.2) is 0 Å². The largest absolute Gasteiger partial charge is 0.341 e. The zero-order valence-electron chi connectivity index (χ0n) is 10.7. The Morgan fingerprint density at radius 3 is 2.58 bits per heavy atom. The Labute approximate surface area is 109 Å². The zero-order chi connectivity index (χ0) is 14.0. The number of hydrogen-bond donors (Lipinski definition) is 0. The molecule has 1 aliphatic heterocycles. The minimum absolute atomic E-state index is 0.133. The van der Waals surface area contributed by atoms with Gasteiger partial charge in [-0.25, -0.2) is 0 Å². The predicted molar refractivity (Wildman–Crippen MR) is 67.9 cm³/mol. The summed E-state index contributed by atoms with van der Waals surface area (Å²) < 4.78 is 1.17. The molecule has 1 saturated heterocycles. The highest BCUT2D eigenvalue weighted by Gasteiger charge is 2.21. The van der Waals surface area contributed by atoms with E-state index in [0.29, 0.717) is 13.1 Å². The summed E-state index contributed by atoms with van der Waals surface area (Å²) in [4.78, 5) is 35.7. The van der Waals surface area contributed by atoms with Crippen molar-refractivity contribution >= 4 is 11.6 Å². The fraction of sp³-hybridized carbons (Fsp3) is 0.500. The van der Waals surface area contributed by atoms with Crippen LogP contribution in [0.15, 0.2) is 16.9 Å². The van der Waals surface area contributed by atoms with Gasteiger partial charge in [-0.05, 0) is 19.8 Å². The molecule has 1 aromatic rings. The fourth-order valence-electron chi connectivity index (χ4n) is 2.26. The van der Waals surface area contributed by atoms with Gasteiger partial charge in [0, 0.05) is 25.2 Å². The van der Waals surface area contributed by atoms with E-state index in [4.69, 9.17) is 0 Å². The van der Waals surface area contributed by atoms with Crippen LogP contribution in [-0.2, 0) is 11.3 Å². The van der Waals surface area contributed by atoms with Crippen LogP contribution in [0.5, 0.6) is 0 Å². The van der Waals surface area contributed by atoms with E-state index < -0.39 is 10.5 Å². The first-order chi connectivity index (χ1) is 9.00. The molecule has 7 heteroatoms. The van der Waals surface area contributed by atoms with E-state index >= 15 is 0 Å². The molecule has 0 bridgehead atoms. The van der Waals surface area contributed by atoms with Crippen molar-refractivity contribution in [2.24, 2.45) is 0 Å². The van der Waals surface area contributed by atoms with Crippen molar-refractivity contribution in [3.05, 3.63) is 38.3 Å². The molecule has 102 valence electrons. The van der Waals surface area contributed by atoms with Crippen molar-refractivity contribution in [2.45, 2.75) is 26.3 Å². The molecule has 0 spiro atoms. The summed E-state index contributed by atoms with van der Waals surface area (Å²) in [5, 5.41) is 10.8. The normalized spacial score (nSPS) is 14.7. The Morgan fingerprint density at radius 2 is 2.00 bits per heavy atom. The van der Waals surface area contributed by atoms with Crippen molar-refractivity contribution in [3.63, 3.8) is 0 Å². The molecule has 1 aliphatic rings. The van der Waals surface area contributed by atoms with E-state index in [2.05, 4.69) is 0 Å². The average molecular weight is 265 g/mol. The lowest BCUT2D eigenvalue weighted by atomic mass is 10.3. The molecule has 0 radical (unpaired) electrons. The van der Waals surface area contributed by atoms with Crippen LogP contribution in [0.4, 0.5) is 5.69 Å². The Kier molecular flexibility index (Phi) is 3.64. The van der Waals surface area contributed by atoms with Crippen LogP contribution in [0.2, 0.25) is 0 Å². The summed E-state index contributed by atoms with van der Waals surface area (Å²) in [5.74, 6) is -0.164. The SMILES string of the molecule is Cc1c([N+](=O)[O-])ccc(=O)n1CC(=O)N1CCCC1. The van der Waals surface area contributed by atoms with E-state index in [-0.39, 0.29) is 23.8 Å². The molecule has 0 aromatic carbocycles. The van der Waals surface area contributed by atoms with Gasteiger partial charge < -0.3 is 4.90 Å². The van der Waals surface area contributed by atoms with Crippen LogP contribution in [-0.4, -0.2) is 33.4 Å². The molecule has 0 aliphatic carbocycles. The van der Waals surface area contributed by atoms with Crippen LogP contribution in [0.3, 0.4) is 0 Å². The summed E-state index contributed by atoms with van der Waals surface area (Å²) in [6.07, 6.45) is 1.93. The highest BCUT2D eigenvalue weighted by molar-refractivity contribution is 5.76. The van der Waals surface area contributed by atoms with Crippen molar-refractivity contribution < 1.29 is 9.72 Å². The third-order valence-electron chi connectivity index (χ3n) is 3.37. The maximum Gasteiger partial charge on any atom is 0.288 e. The number of carbonyl (C=O) groups excluding carboxylic acids is 1. The second-order valence-corrected chi connectivity index (χ2v) is 4.57. The van der Waals surface area contributed by atoms with Crippen LogP contribution in [0.1, 0.15) is 18.5 Å². The molecule has 1 fully saturated rings. The third kappa shape index (κ3) is 2.64. The summed E-state index contributed by atoms with van der Waals surface area (Å²) in [5.41, 5.74) is -0.325. The number of carbonyl (C=O) groups is 1. The lowest BCUT2D eigenvalue weighted by Gasteiger charge is -2.17. The lowest BCUT2D eigenvalue weighted by molar-refractivity contribution is -0.386. The standard InChI is InChI=1S/C12H15N3O4/c1-9-10(15(18)19)4-5-11(16)14(9)8-12(17)13-6-2-3-7-13/h4-5H,2-3,6-8H2,1H3. The van der Waals surface area contributed by atoms with Crippen LogP contribution >= 0.6 is 0 Å². The lowest BCUT2D eigenvalue weighted by Crippen LogP contribution is -2.35. The number of pyridine rings is 1. The van der Waals surface area contributed by atoms with Gasteiger partial charge in [0.25, 0.3) is 11.2 Å². The van der Waals surface area contributed by atoms with Crippen molar-refractivity contribution in [1.29, 1.82) is 0 Å². The first kappa shape index (κ1) is 13.3. The fourth-order valence-corrected chi connectivity index (χ4v) is 2.26. The van der Waals surface area contributed by atoms with Crippen molar-refractivity contribution in [2.75, 3.05) is 13.1 Å². The molecule has 0 N–H and O–H groups in total. The molecule has 19 heavy (non-hydrogen) atoms. The summed E-state index contributed by atoms with van der Waals surface area (Å²) in [6.45, 7) is 2.74. The Hall–Kier alpha value is -2.18. The first-order valence-electron chi connectivity index (χ1n) is 6.13. The van der Waals surface area contributed by atoms with Gasteiger partial charge in [0.05, 0.1) is 10.6 Å². The third-order valence-corrected chi connectivity index (χ3v) is 3.37. The van der Waals surface area contributed by atoms with Gasteiger partial charge in [0.1, 0.15) is 6.54 Å². The molecule has 7 nitrogen and oxygen atoms in total. The summed E-state index contributed by atoms with van der Waals surface area (Å²) in [6, 6.07) is 2.30. The van der Waals surface area contributed by atoms with E-state index in [0.717, 1.165) is 18.9 Å². The van der Waals surface area contributed by atoms with Crippen molar-refractivity contribution in [1.82, 2.24) is 9.47 Å². The molecular formula is C12H15N3O4. The Bertz CT molecular complexity index is 573. The van der Waals surface area contributed by atoms with Gasteiger partial charge in [-0.2, -0.15) is 0 Å². The maximum absolute atomic E-state index is 12.0. The summed E-state index contributed by atoms with van der Waals surface area (Å²) >= 11 is 0. The predicted octanol–water partition coefficient (Wildman–Crippen LogP) is 0.687. The highest BCUT2D eigenvalue weighted by atomic mass is 16.6. The van der Waals surface area contributed by atoms with Crippen LogP contribution < -0.4 is 5.56 Å². The topological polar surface area (TPSA) is 85.5 Å². The van der Waals surface area contributed by atoms with Gasteiger partial charge in [-0.3, -0.25) is 24.3 Å². The second-order valence-electron chi connectivity index (χ2n) is 4.57. The highest BCUT2D eigenvalue weighted by Crippen LogP contribution is 2.15. The molecule has 2 heterocycles. The smallest absolute Gasteiger partial charge is 0.288 e. The van der Waals surface area contributed by atoms with E-state index in [1.54, 1.807) is 4.90 Å². The zero-order valence-corrected chi connectivity index (χ0v) is 10.7. The second kappa shape index (κ2) is 5.21. The van der Waals surface area contributed by atoms with Gasteiger partial charge >= 0.3 is 0 Å². The van der Waals surface area contributed by atoms with Gasteiger partial charge in [-0.1, -0.05) is 0 Å². The monoisotopic (exact) mass is 265 g/mol. The number of aromatic nitrogens is 1. The number of hydrogen-bond acceptors (Lipinski definition) is 4. The average Bonchev–Trinajstić information content (AvgIpc) is 2.87. The van der Waals surface area contributed by atoms with Crippen LogP contribution in [0.25, 0.3) is 0 Å². The maximum atomic E-state index is 12.0. The number of rotatable bonds is 3. The quantitative estimate of drug-likeness (QED) is 0.594. The van der Waals surface area contributed by atoms with E-state index in [9.17, 15) is 19.7 Å². The molecule has 1 amide bonds. The minimum Gasteiger partial charge on any atom is -0.341 e. The molecule has 0 atom stereocenters. The number of amides is 1. The number of nitrogens with zero attached hydrogens (tertiary/aromatic N) is 3. The van der Waals surface area contributed by atoms with Gasteiger partial charge in [-0.15, -0.1) is 0 Å². The molecule has 2 rings (SSSR count). The first-order valence-corrected chi connectivity index (χ1v) is 6.13. The summed E-state index contributed by atoms with van der Waals surface area (Å²) in [7, 11) is 0. The van der Waals surface area contributed by atoms with Crippen LogP contribution in [0, 0.1) is 17.0 Å². The minimum atomic E-state index is -0.550. The van der Waals surface area contributed by atoms with Crippen molar-refractivity contribution in [3.8, 4) is 0 Å². The van der Waals surface area contributed by atoms with Gasteiger partial charge in [0.2, 0.25) is 5.91 Å². The van der Waals surface area contributed by atoms with E-state index in [1.807, 2.05) is 0 Å².